The maximum Gasteiger partial charge on any atom is 0.338 e. The van der Waals surface area contributed by atoms with Crippen LogP contribution in [0.5, 0.6) is 0 Å². The van der Waals surface area contributed by atoms with E-state index in [1.54, 1.807) is 24.3 Å². The zero-order valence-corrected chi connectivity index (χ0v) is 17.1. The van der Waals surface area contributed by atoms with Gasteiger partial charge in [-0.05, 0) is 30.7 Å². The molecule has 1 aliphatic heterocycles. The summed E-state index contributed by atoms with van der Waals surface area (Å²) in [6.07, 6.45) is 3.74. The molecule has 0 amide bonds. The van der Waals surface area contributed by atoms with Gasteiger partial charge >= 0.3 is 5.97 Å². The SMILES string of the molecule is COC(=O)/C(=C\CN1CCCN(S(C)(=O)=O)CC1)c1ccc(Cl)c(Cl)c1. The van der Waals surface area contributed by atoms with Gasteiger partial charge in [0.25, 0.3) is 0 Å². The number of halogens is 2. The highest BCUT2D eigenvalue weighted by Gasteiger charge is 2.21. The van der Waals surface area contributed by atoms with Crippen LogP contribution in [-0.2, 0) is 19.6 Å². The molecule has 1 heterocycles. The molecule has 0 spiro atoms. The van der Waals surface area contributed by atoms with Crippen LogP contribution in [0.3, 0.4) is 0 Å². The van der Waals surface area contributed by atoms with Gasteiger partial charge in [0.2, 0.25) is 10.0 Å². The molecule has 1 aromatic carbocycles. The Morgan fingerprint density at radius 3 is 2.54 bits per heavy atom. The lowest BCUT2D eigenvalue weighted by molar-refractivity contribution is -0.133. The maximum absolute atomic E-state index is 12.2. The average Bonchev–Trinajstić information content (AvgIpc) is 2.83. The largest absolute Gasteiger partial charge is 0.465 e. The van der Waals surface area contributed by atoms with Crippen molar-refractivity contribution >= 4 is 44.8 Å². The van der Waals surface area contributed by atoms with Gasteiger partial charge in [0, 0.05) is 26.2 Å². The van der Waals surface area contributed by atoms with Gasteiger partial charge in [0.15, 0.2) is 0 Å². The Hall–Kier alpha value is -1.12. The monoisotopic (exact) mass is 420 g/mol. The summed E-state index contributed by atoms with van der Waals surface area (Å²) in [5, 5.41) is 0.769. The standard InChI is InChI=1S/C17H22Cl2N2O4S/c1-25-17(22)14(13-4-5-15(18)16(19)12-13)6-9-20-7-3-8-21(11-10-20)26(2,23)24/h4-6,12H,3,7-11H2,1-2H3/b14-6-. The van der Waals surface area contributed by atoms with Crippen molar-refractivity contribution in [2.45, 2.75) is 6.42 Å². The van der Waals surface area contributed by atoms with E-state index in [2.05, 4.69) is 4.90 Å². The van der Waals surface area contributed by atoms with Crippen LogP contribution in [0.15, 0.2) is 24.3 Å². The van der Waals surface area contributed by atoms with Crippen molar-refractivity contribution in [3.63, 3.8) is 0 Å². The lowest BCUT2D eigenvalue weighted by atomic mass is 10.1. The molecule has 26 heavy (non-hydrogen) atoms. The molecule has 6 nitrogen and oxygen atoms in total. The number of esters is 1. The number of rotatable bonds is 5. The van der Waals surface area contributed by atoms with E-state index < -0.39 is 16.0 Å². The summed E-state index contributed by atoms with van der Waals surface area (Å²) in [6, 6.07) is 4.97. The van der Waals surface area contributed by atoms with Crippen LogP contribution in [0, 0.1) is 0 Å². The Balaban J connectivity index is 2.15. The number of sulfonamides is 1. The number of carbonyl (C=O) groups excluding carboxylic acids is 1. The summed E-state index contributed by atoms with van der Waals surface area (Å²) in [7, 11) is -1.86. The lowest BCUT2D eigenvalue weighted by Gasteiger charge is -2.19. The second-order valence-corrected chi connectivity index (χ2v) is 8.85. The number of ether oxygens (including phenoxy) is 1. The smallest absolute Gasteiger partial charge is 0.338 e. The van der Waals surface area contributed by atoms with Crippen molar-refractivity contribution in [3.05, 3.63) is 39.9 Å². The van der Waals surface area contributed by atoms with Gasteiger partial charge < -0.3 is 4.74 Å². The molecular formula is C17H22Cl2N2O4S. The highest BCUT2D eigenvalue weighted by molar-refractivity contribution is 7.88. The van der Waals surface area contributed by atoms with Crippen molar-refractivity contribution in [3.8, 4) is 0 Å². The van der Waals surface area contributed by atoms with Gasteiger partial charge in [-0.2, -0.15) is 0 Å². The molecule has 0 N–H and O–H groups in total. The topological polar surface area (TPSA) is 66.9 Å². The Labute approximate surface area is 164 Å². The fraction of sp³-hybridized carbons (Fsp3) is 0.471. The fourth-order valence-corrected chi connectivity index (χ4v) is 3.95. The molecule has 1 saturated heterocycles. The molecule has 1 aromatic rings. The molecule has 0 radical (unpaired) electrons. The maximum atomic E-state index is 12.2. The highest BCUT2D eigenvalue weighted by atomic mass is 35.5. The molecule has 0 atom stereocenters. The van der Waals surface area contributed by atoms with E-state index in [4.69, 9.17) is 27.9 Å². The van der Waals surface area contributed by atoms with Gasteiger partial charge in [-0.3, -0.25) is 4.90 Å². The molecule has 1 aliphatic rings. The van der Waals surface area contributed by atoms with E-state index in [9.17, 15) is 13.2 Å². The molecule has 0 aromatic heterocycles. The van der Waals surface area contributed by atoms with Crippen LogP contribution < -0.4 is 0 Å². The Bertz CT molecular complexity index is 796. The van der Waals surface area contributed by atoms with E-state index in [1.807, 2.05) is 0 Å². The van der Waals surface area contributed by atoms with E-state index in [1.165, 1.54) is 17.7 Å². The molecule has 0 saturated carbocycles. The summed E-state index contributed by atoms with van der Waals surface area (Å²) >= 11 is 12.0. The second-order valence-electron chi connectivity index (χ2n) is 6.05. The van der Waals surface area contributed by atoms with E-state index in [-0.39, 0.29) is 0 Å². The van der Waals surface area contributed by atoms with Crippen molar-refractivity contribution in [1.82, 2.24) is 9.21 Å². The normalized spacial score (nSPS) is 17.8. The fourth-order valence-electron chi connectivity index (χ4n) is 2.77. The van der Waals surface area contributed by atoms with Crippen LogP contribution in [-0.4, -0.2) is 69.7 Å². The zero-order valence-electron chi connectivity index (χ0n) is 14.7. The first kappa shape index (κ1) is 21.2. The van der Waals surface area contributed by atoms with Crippen molar-refractivity contribution in [1.29, 1.82) is 0 Å². The molecule has 144 valence electrons. The minimum atomic E-state index is -3.18. The summed E-state index contributed by atoms with van der Waals surface area (Å²) < 4.78 is 29.7. The Morgan fingerprint density at radius 1 is 1.19 bits per heavy atom. The van der Waals surface area contributed by atoms with Crippen LogP contribution >= 0.6 is 23.2 Å². The van der Waals surface area contributed by atoms with Crippen LogP contribution in [0.4, 0.5) is 0 Å². The second kappa shape index (κ2) is 9.19. The van der Waals surface area contributed by atoms with Crippen molar-refractivity contribution < 1.29 is 17.9 Å². The third-order valence-electron chi connectivity index (χ3n) is 4.21. The van der Waals surface area contributed by atoms with Gasteiger partial charge in [-0.1, -0.05) is 35.3 Å². The van der Waals surface area contributed by atoms with Gasteiger partial charge in [0.1, 0.15) is 0 Å². The minimum absolute atomic E-state index is 0.359. The summed E-state index contributed by atoms with van der Waals surface area (Å²) in [6.45, 7) is 2.79. The molecule has 9 heteroatoms. The number of methoxy groups -OCH3 is 1. The van der Waals surface area contributed by atoms with E-state index >= 15 is 0 Å². The van der Waals surface area contributed by atoms with E-state index in [0.717, 1.165) is 13.0 Å². The van der Waals surface area contributed by atoms with Crippen molar-refractivity contribution in [2.24, 2.45) is 0 Å². The number of carbonyl (C=O) groups is 1. The van der Waals surface area contributed by atoms with Crippen LogP contribution in [0.2, 0.25) is 10.0 Å². The first-order valence-corrected chi connectivity index (χ1v) is 10.7. The predicted molar refractivity (Wildman–Crippen MR) is 104 cm³/mol. The third-order valence-corrected chi connectivity index (χ3v) is 6.25. The molecular weight excluding hydrogens is 399 g/mol. The predicted octanol–water partition coefficient (Wildman–Crippen LogP) is 2.52. The van der Waals surface area contributed by atoms with Gasteiger partial charge in [-0.25, -0.2) is 17.5 Å². The molecule has 0 bridgehead atoms. The summed E-state index contributed by atoms with van der Waals surface area (Å²) in [4.78, 5) is 14.3. The molecule has 0 aliphatic carbocycles. The quantitative estimate of drug-likeness (QED) is 0.540. The zero-order chi connectivity index (χ0) is 19.3. The highest BCUT2D eigenvalue weighted by Crippen LogP contribution is 2.27. The number of hydrogen-bond acceptors (Lipinski definition) is 5. The Morgan fingerprint density at radius 2 is 1.92 bits per heavy atom. The molecule has 2 rings (SSSR count). The van der Waals surface area contributed by atoms with Gasteiger partial charge in [-0.15, -0.1) is 0 Å². The summed E-state index contributed by atoms with van der Waals surface area (Å²) in [5.74, 6) is -0.462. The number of hydrogen-bond donors (Lipinski definition) is 0. The van der Waals surface area contributed by atoms with Gasteiger partial charge in [0.05, 0.1) is 29.0 Å². The third kappa shape index (κ3) is 5.69. The van der Waals surface area contributed by atoms with Crippen LogP contribution in [0.25, 0.3) is 5.57 Å². The molecule has 0 unspecified atom stereocenters. The minimum Gasteiger partial charge on any atom is -0.465 e. The number of nitrogens with zero attached hydrogens (tertiary/aromatic N) is 2. The Kier molecular flexibility index (Phi) is 7.49. The summed E-state index contributed by atoms with van der Waals surface area (Å²) in [5.41, 5.74) is 1.02. The molecule has 1 fully saturated rings. The number of benzene rings is 1. The van der Waals surface area contributed by atoms with Crippen LogP contribution in [0.1, 0.15) is 12.0 Å². The first-order chi connectivity index (χ1) is 12.2. The lowest BCUT2D eigenvalue weighted by Crippen LogP contribution is -2.34. The van der Waals surface area contributed by atoms with E-state index in [0.29, 0.717) is 47.4 Å². The average molecular weight is 421 g/mol. The van der Waals surface area contributed by atoms with Crippen molar-refractivity contribution in [2.75, 3.05) is 46.1 Å². The first-order valence-electron chi connectivity index (χ1n) is 8.13.